The average molecular weight is 422 g/mol. The molecule has 1 aliphatic heterocycles. The molecule has 0 atom stereocenters. The number of amides is 1. The lowest BCUT2D eigenvalue weighted by Crippen LogP contribution is -2.50. The molecule has 0 N–H and O–H groups in total. The number of piperazine rings is 1. The van der Waals surface area contributed by atoms with Crippen molar-refractivity contribution in [2.75, 3.05) is 52.4 Å². The van der Waals surface area contributed by atoms with Gasteiger partial charge >= 0.3 is 0 Å². The Kier molecular flexibility index (Phi) is 9.57. The Hall–Kier alpha value is -2.17. The topological polar surface area (TPSA) is 26.8 Å². The van der Waals surface area contributed by atoms with Crippen LogP contribution in [-0.2, 0) is 4.79 Å². The number of carbonyl (C=O) groups excluding carboxylic acids is 1. The van der Waals surface area contributed by atoms with Gasteiger partial charge in [-0.05, 0) is 37.1 Å². The van der Waals surface area contributed by atoms with E-state index < -0.39 is 0 Å². The predicted molar refractivity (Wildman–Crippen MR) is 129 cm³/mol. The fraction of sp³-hybridized carbons (Fsp3) is 0.519. The van der Waals surface area contributed by atoms with E-state index in [1.807, 2.05) is 12.1 Å². The largest absolute Gasteiger partial charge is 0.340 e. The second-order valence-corrected chi connectivity index (χ2v) is 8.64. The Morgan fingerprint density at radius 2 is 1.32 bits per heavy atom. The number of nitrogens with zero attached hydrogens (tertiary/aromatic N) is 3. The van der Waals surface area contributed by atoms with Crippen molar-refractivity contribution in [3.05, 3.63) is 71.8 Å². The van der Waals surface area contributed by atoms with E-state index in [1.165, 1.54) is 37.1 Å². The van der Waals surface area contributed by atoms with Crippen LogP contribution in [-0.4, -0.2) is 73.0 Å². The maximum absolute atomic E-state index is 13.2. The molecule has 0 radical (unpaired) electrons. The molecule has 4 nitrogen and oxygen atoms in total. The van der Waals surface area contributed by atoms with Gasteiger partial charge in [0.25, 0.3) is 0 Å². The standard InChI is InChI=1S/C27H39N3O/c1-3-15-28(16-4-2)17-18-29-19-21-30(22-20-29)27(31)23-26(24-11-7-5-8-12-24)25-13-9-6-10-14-25/h5-14,26H,3-4,15-23H2,1-2H3. The molecule has 0 aliphatic carbocycles. The summed E-state index contributed by atoms with van der Waals surface area (Å²) in [6.07, 6.45) is 2.97. The summed E-state index contributed by atoms with van der Waals surface area (Å²) < 4.78 is 0. The van der Waals surface area contributed by atoms with Crippen LogP contribution >= 0.6 is 0 Å². The number of hydrogen-bond acceptors (Lipinski definition) is 3. The highest BCUT2D eigenvalue weighted by Gasteiger charge is 2.25. The zero-order chi connectivity index (χ0) is 21.9. The van der Waals surface area contributed by atoms with Gasteiger partial charge in [0.05, 0.1) is 0 Å². The minimum atomic E-state index is 0.115. The minimum absolute atomic E-state index is 0.115. The van der Waals surface area contributed by atoms with E-state index in [4.69, 9.17) is 0 Å². The van der Waals surface area contributed by atoms with Gasteiger partial charge in [-0.1, -0.05) is 74.5 Å². The molecular formula is C27H39N3O. The third-order valence-electron chi connectivity index (χ3n) is 6.32. The van der Waals surface area contributed by atoms with Gasteiger partial charge in [0.2, 0.25) is 5.91 Å². The van der Waals surface area contributed by atoms with E-state index in [9.17, 15) is 4.79 Å². The molecule has 0 aromatic heterocycles. The van der Waals surface area contributed by atoms with Crippen LogP contribution in [0.1, 0.15) is 50.2 Å². The first kappa shape index (κ1) is 23.5. The normalized spacial score (nSPS) is 15.0. The molecule has 0 bridgehead atoms. The zero-order valence-electron chi connectivity index (χ0n) is 19.4. The van der Waals surface area contributed by atoms with Crippen LogP contribution in [0.3, 0.4) is 0 Å². The van der Waals surface area contributed by atoms with Crippen molar-refractivity contribution >= 4 is 5.91 Å². The van der Waals surface area contributed by atoms with E-state index in [0.29, 0.717) is 6.42 Å². The summed E-state index contributed by atoms with van der Waals surface area (Å²) >= 11 is 0. The molecule has 1 saturated heterocycles. The molecule has 3 rings (SSSR count). The van der Waals surface area contributed by atoms with E-state index in [2.05, 4.69) is 77.1 Å². The van der Waals surface area contributed by atoms with Gasteiger partial charge < -0.3 is 9.80 Å². The number of hydrogen-bond donors (Lipinski definition) is 0. The van der Waals surface area contributed by atoms with Gasteiger partial charge in [0.1, 0.15) is 0 Å². The SMILES string of the molecule is CCCN(CCC)CCN1CCN(C(=O)CC(c2ccccc2)c2ccccc2)CC1. The molecule has 1 heterocycles. The maximum atomic E-state index is 13.2. The first-order chi connectivity index (χ1) is 15.2. The lowest BCUT2D eigenvalue weighted by atomic mass is 9.88. The maximum Gasteiger partial charge on any atom is 0.223 e. The quantitative estimate of drug-likeness (QED) is 0.535. The summed E-state index contributed by atoms with van der Waals surface area (Å²) in [5.41, 5.74) is 2.43. The molecule has 4 heteroatoms. The van der Waals surface area contributed by atoms with Gasteiger partial charge in [-0.25, -0.2) is 0 Å². The molecule has 168 valence electrons. The highest BCUT2D eigenvalue weighted by Crippen LogP contribution is 2.28. The fourth-order valence-electron chi connectivity index (χ4n) is 4.57. The molecule has 31 heavy (non-hydrogen) atoms. The Balaban J connectivity index is 1.53. The first-order valence-electron chi connectivity index (χ1n) is 12.0. The van der Waals surface area contributed by atoms with E-state index in [1.54, 1.807) is 0 Å². The first-order valence-corrected chi connectivity index (χ1v) is 12.0. The Labute approximate surface area is 188 Å². The zero-order valence-corrected chi connectivity index (χ0v) is 19.4. The van der Waals surface area contributed by atoms with Gasteiger partial charge in [-0.15, -0.1) is 0 Å². The van der Waals surface area contributed by atoms with Gasteiger partial charge in [-0.2, -0.15) is 0 Å². The number of carbonyl (C=O) groups is 1. The monoisotopic (exact) mass is 421 g/mol. The lowest BCUT2D eigenvalue weighted by molar-refractivity contribution is -0.133. The molecule has 0 saturated carbocycles. The summed E-state index contributed by atoms with van der Waals surface area (Å²) in [5.74, 6) is 0.389. The fourth-order valence-corrected chi connectivity index (χ4v) is 4.57. The summed E-state index contributed by atoms with van der Waals surface area (Å²) in [6.45, 7) is 12.8. The Bertz CT molecular complexity index is 711. The molecule has 2 aromatic carbocycles. The van der Waals surface area contributed by atoms with Crippen LogP contribution in [0.15, 0.2) is 60.7 Å². The van der Waals surface area contributed by atoms with Crippen LogP contribution in [0.4, 0.5) is 0 Å². The van der Waals surface area contributed by atoms with Crippen LogP contribution in [0.2, 0.25) is 0 Å². The van der Waals surface area contributed by atoms with E-state index in [-0.39, 0.29) is 11.8 Å². The minimum Gasteiger partial charge on any atom is -0.340 e. The molecule has 2 aromatic rings. The van der Waals surface area contributed by atoms with Crippen LogP contribution in [0.5, 0.6) is 0 Å². The predicted octanol–water partition coefficient (Wildman–Crippen LogP) is 4.47. The Morgan fingerprint density at radius 1 is 0.806 bits per heavy atom. The van der Waals surface area contributed by atoms with Crippen molar-refractivity contribution in [1.82, 2.24) is 14.7 Å². The molecule has 1 fully saturated rings. The van der Waals surface area contributed by atoms with Crippen LogP contribution in [0.25, 0.3) is 0 Å². The summed E-state index contributed by atoms with van der Waals surface area (Å²) in [7, 11) is 0. The van der Waals surface area contributed by atoms with Gasteiger partial charge in [0.15, 0.2) is 0 Å². The van der Waals surface area contributed by atoms with Crippen LogP contribution in [0, 0.1) is 0 Å². The van der Waals surface area contributed by atoms with Crippen molar-refractivity contribution in [3.63, 3.8) is 0 Å². The van der Waals surface area contributed by atoms with Gasteiger partial charge in [-0.3, -0.25) is 9.69 Å². The summed E-state index contributed by atoms with van der Waals surface area (Å²) in [4.78, 5) is 20.4. The van der Waals surface area contributed by atoms with Gasteiger partial charge in [0, 0.05) is 51.6 Å². The second kappa shape index (κ2) is 12.6. The third-order valence-corrected chi connectivity index (χ3v) is 6.32. The van der Waals surface area contributed by atoms with Crippen molar-refractivity contribution < 1.29 is 4.79 Å². The number of rotatable bonds is 11. The molecular weight excluding hydrogens is 382 g/mol. The van der Waals surface area contributed by atoms with Crippen molar-refractivity contribution in [2.24, 2.45) is 0 Å². The molecule has 1 amide bonds. The molecule has 1 aliphatic rings. The lowest BCUT2D eigenvalue weighted by Gasteiger charge is -2.36. The number of benzene rings is 2. The summed E-state index contributed by atoms with van der Waals surface area (Å²) in [5, 5.41) is 0. The highest BCUT2D eigenvalue weighted by atomic mass is 16.2. The molecule has 0 spiro atoms. The smallest absolute Gasteiger partial charge is 0.223 e. The van der Waals surface area contributed by atoms with E-state index in [0.717, 1.165) is 39.3 Å². The summed E-state index contributed by atoms with van der Waals surface area (Å²) in [6, 6.07) is 20.9. The Morgan fingerprint density at radius 3 is 1.81 bits per heavy atom. The van der Waals surface area contributed by atoms with Crippen LogP contribution < -0.4 is 0 Å². The highest BCUT2D eigenvalue weighted by molar-refractivity contribution is 5.78. The average Bonchev–Trinajstić information content (AvgIpc) is 2.82. The van der Waals surface area contributed by atoms with Crippen molar-refractivity contribution in [3.8, 4) is 0 Å². The second-order valence-electron chi connectivity index (χ2n) is 8.64. The van der Waals surface area contributed by atoms with Crippen molar-refractivity contribution in [2.45, 2.75) is 39.0 Å². The third kappa shape index (κ3) is 7.19. The molecule has 0 unspecified atom stereocenters. The van der Waals surface area contributed by atoms with E-state index >= 15 is 0 Å². The van der Waals surface area contributed by atoms with Crippen molar-refractivity contribution in [1.29, 1.82) is 0 Å².